The normalized spacial score (nSPS) is 18.8. The number of thioether (sulfide) groups is 1. The van der Waals surface area contributed by atoms with Crippen molar-refractivity contribution in [1.29, 1.82) is 0 Å². The number of hydrogen-bond acceptors (Lipinski definition) is 8. The highest BCUT2D eigenvalue weighted by Gasteiger charge is 2.31. The Balaban J connectivity index is 1.76. The van der Waals surface area contributed by atoms with Gasteiger partial charge in [0, 0.05) is 17.1 Å². The molecule has 0 spiro atoms. The molecule has 1 unspecified atom stereocenters. The average molecular weight is 288 g/mol. The monoisotopic (exact) mass is 288 g/mol. The Labute approximate surface area is 106 Å². The van der Waals surface area contributed by atoms with E-state index in [4.69, 9.17) is 9.15 Å². The molecular formula is C8H8N4O4S2. The lowest BCUT2D eigenvalue weighted by atomic mass is 10.6. The van der Waals surface area contributed by atoms with Gasteiger partial charge in [-0.2, -0.15) is 11.8 Å². The van der Waals surface area contributed by atoms with Crippen LogP contribution in [0.3, 0.4) is 0 Å². The zero-order chi connectivity index (χ0) is 12.6. The van der Waals surface area contributed by atoms with E-state index >= 15 is 0 Å². The molecule has 0 radical (unpaired) electrons. The van der Waals surface area contributed by atoms with Gasteiger partial charge in [0.25, 0.3) is 16.0 Å². The maximum atomic E-state index is 11.8. The SMILES string of the molecule is O=S(=O)(CC1CS1)n1nnc(Oc2ccco2)n1. The van der Waals surface area contributed by atoms with Crippen molar-refractivity contribution in [3.8, 4) is 12.0 Å². The summed E-state index contributed by atoms with van der Waals surface area (Å²) in [6, 6.07) is 3.01. The van der Waals surface area contributed by atoms with Crippen LogP contribution in [0.2, 0.25) is 0 Å². The highest BCUT2D eigenvalue weighted by atomic mass is 32.2. The van der Waals surface area contributed by atoms with Crippen LogP contribution in [0, 0.1) is 0 Å². The third-order valence-electron chi connectivity index (χ3n) is 2.11. The van der Waals surface area contributed by atoms with E-state index in [0.29, 0.717) is 4.20 Å². The zero-order valence-corrected chi connectivity index (χ0v) is 10.6. The fourth-order valence-electron chi connectivity index (χ4n) is 1.23. The van der Waals surface area contributed by atoms with E-state index in [0.717, 1.165) is 5.75 Å². The predicted molar refractivity (Wildman–Crippen MR) is 62.0 cm³/mol. The van der Waals surface area contributed by atoms with E-state index in [1.54, 1.807) is 23.9 Å². The molecule has 1 saturated heterocycles. The summed E-state index contributed by atoms with van der Waals surface area (Å²) in [7, 11) is -3.55. The number of hydrogen-bond donors (Lipinski definition) is 0. The van der Waals surface area contributed by atoms with E-state index in [-0.39, 0.29) is 23.0 Å². The topological polar surface area (TPSA) is 100 Å². The molecule has 0 aliphatic carbocycles. The van der Waals surface area contributed by atoms with Crippen molar-refractivity contribution in [1.82, 2.24) is 19.6 Å². The highest BCUT2D eigenvalue weighted by Crippen LogP contribution is 2.31. The van der Waals surface area contributed by atoms with Crippen molar-refractivity contribution >= 4 is 21.8 Å². The number of tetrazole rings is 1. The van der Waals surface area contributed by atoms with Gasteiger partial charge < -0.3 is 9.15 Å². The van der Waals surface area contributed by atoms with Gasteiger partial charge in [0.2, 0.25) is 0 Å². The third-order valence-corrected chi connectivity index (χ3v) is 4.77. The molecule has 3 rings (SSSR count). The van der Waals surface area contributed by atoms with E-state index in [2.05, 4.69) is 15.4 Å². The molecule has 1 aliphatic rings. The molecule has 0 N–H and O–H groups in total. The van der Waals surface area contributed by atoms with Crippen molar-refractivity contribution in [2.75, 3.05) is 11.5 Å². The summed E-state index contributed by atoms with van der Waals surface area (Å²) in [5.74, 6) is 1.03. The Morgan fingerprint density at radius 2 is 2.44 bits per heavy atom. The maximum absolute atomic E-state index is 11.8. The van der Waals surface area contributed by atoms with Crippen molar-refractivity contribution in [3.05, 3.63) is 18.4 Å². The number of nitrogens with zero attached hydrogens (tertiary/aromatic N) is 4. The quantitative estimate of drug-likeness (QED) is 0.727. The Bertz CT molecular complexity index is 632. The predicted octanol–water partition coefficient (Wildman–Crippen LogP) is 0.352. The zero-order valence-electron chi connectivity index (χ0n) is 8.96. The summed E-state index contributed by atoms with van der Waals surface area (Å²) in [6.07, 6.45) is 1.42. The van der Waals surface area contributed by atoms with Gasteiger partial charge in [-0.25, -0.2) is 8.42 Å². The van der Waals surface area contributed by atoms with E-state index < -0.39 is 10.0 Å². The molecule has 0 aromatic carbocycles. The fourth-order valence-corrected chi connectivity index (χ4v) is 3.59. The highest BCUT2D eigenvalue weighted by molar-refractivity contribution is 8.07. The number of furan rings is 1. The van der Waals surface area contributed by atoms with Gasteiger partial charge in [0.15, 0.2) is 0 Å². The molecule has 2 aromatic rings. The van der Waals surface area contributed by atoms with Crippen LogP contribution in [0.4, 0.5) is 0 Å². The second-order valence-corrected chi connectivity index (χ2v) is 6.72. The maximum Gasteiger partial charge on any atom is 0.365 e. The fraction of sp³-hybridized carbons (Fsp3) is 0.375. The van der Waals surface area contributed by atoms with Gasteiger partial charge in [-0.05, 0) is 15.5 Å². The van der Waals surface area contributed by atoms with Crippen LogP contribution in [0.5, 0.6) is 12.0 Å². The first-order chi connectivity index (χ1) is 8.63. The molecule has 1 aliphatic heterocycles. The molecule has 10 heteroatoms. The van der Waals surface area contributed by atoms with E-state index in [9.17, 15) is 8.42 Å². The van der Waals surface area contributed by atoms with Gasteiger partial charge >= 0.3 is 6.01 Å². The minimum atomic E-state index is -3.55. The molecule has 8 nitrogen and oxygen atoms in total. The molecule has 1 fully saturated rings. The van der Waals surface area contributed by atoms with Gasteiger partial charge in [-0.1, -0.05) is 10.2 Å². The first kappa shape index (κ1) is 11.5. The van der Waals surface area contributed by atoms with Crippen LogP contribution in [0.25, 0.3) is 0 Å². The molecule has 0 bridgehead atoms. The summed E-state index contributed by atoms with van der Waals surface area (Å²) in [5, 5.41) is 10.7. The van der Waals surface area contributed by atoms with Crippen LogP contribution in [-0.4, -0.2) is 44.8 Å². The van der Waals surface area contributed by atoms with Gasteiger partial charge in [0.05, 0.1) is 12.0 Å². The largest absolute Gasteiger partial charge is 0.434 e. The Kier molecular flexibility index (Phi) is 2.74. The van der Waals surface area contributed by atoms with Crippen LogP contribution in [0.1, 0.15) is 0 Å². The summed E-state index contributed by atoms with van der Waals surface area (Å²) in [4.78, 5) is 0. The Morgan fingerprint density at radius 3 is 3.11 bits per heavy atom. The summed E-state index contributed by atoms with van der Waals surface area (Å²) in [5.41, 5.74) is 0. The van der Waals surface area contributed by atoms with Crippen molar-refractivity contribution in [2.24, 2.45) is 0 Å². The van der Waals surface area contributed by atoms with Gasteiger partial charge in [0.1, 0.15) is 0 Å². The molecule has 3 heterocycles. The Morgan fingerprint density at radius 1 is 1.61 bits per heavy atom. The molecular weight excluding hydrogens is 280 g/mol. The van der Waals surface area contributed by atoms with Crippen LogP contribution in [0.15, 0.2) is 22.8 Å². The minimum absolute atomic E-state index is 0.00815. The summed E-state index contributed by atoms with van der Waals surface area (Å²) in [6.45, 7) is 0. The third kappa shape index (κ3) is 2.48. The van der Waals surface area contributed by atoms with Gasteiger partial charge in [-0.15, -0.1) is 0 Å². The smallest absolute Gasteiger partial charge is 0.365 e. The lowest BCUT2D eigenvalue weighted by Crippen LogP contribution is -2.22. The molecule has 96 valence electrons. The second kappa shape index (κ2) is 4.28. The summed E-state index contributed by atoms with van der Waals surface area (Å²) >= 11 is 1.59. The summed E-state index contributed by atoms with van der Waals surface area (Å²) < 4.78 is 34.2. The van der Waals surface area contributed by atoms with Crippen LogP contribution >= 0.6 is 11.8 Å². The lowest BCUT2D eigenvalue weighted by molar-refractivity contribution is 0.326. The number of ether oxygens (including phenoxy) is 1. The molecule has 1 atom stereocenters. The van der Waals surface area contributed by atoms with Crippen LogP contribution < -0.4 is 4.74 Å². The lowest BCUT2D eigenvalue weighted by Gasteiger charge is -1.98. The van der Waals surface area contributed by atoms with Crippen molar-refractivity contribution in [3.63, 3.8) is 0 Å². The van der Waals surface area contributed by atoms with Crippen LogP contribution in [-0.2, 0) is 10.0 Å². The molecule has 0 amide bonds. The number of aromatic nitrogens is 4. The first-order valence-electron chi connectivity index (χ1n) is 5.00. The minimum Gasteiger partial charge on any atom is -0.434 e. The van der Waals surface area contributed by atoms with E-state index in [1.807, 2.05) is 0 Å². The van der Waals surface area contributed by atoms with Gasteiger partial charge in [-0.3, -0.25) is 0 Å². The van der Waals surface area contributed by atoms with Crippen molar-refractivity contribution < 1.29 is 17.6 Å². The molecule has 18 heavy (non-hydrogen) atoms. The average Bonchev–Trinajstić information content (AvgIpc) is 2.84. The van der Waals surface area contributed by atoms with E-state index in [1.165, 1.54) is 6.26 Å². The molecule has 2 aromatic heterocycles. The Hall–Kier alpha value is -1.55. The molecule has 0 saturated carbocycles. The second-order valence-electron chi connectivity index (χ2n) is 3.56. The number of rotatable bonds is 5. The standard InChI is InChI=1S/C8H8N4O4S2/c13-18(14,5-6-4-17-6)12-10-8(9-11-12)16-7-2-1-3-15-7/h1-3,6H,4-5H2. The van der Waals surface area contributed by atoms with Crippen molar-refractivity contribution in [2.45, 2.75) is 5.25 Å². The first-order valence-corrected chi connectivity index (χ1v) is 7.65.